The first-order valence-electron chi connectivity index (χ1n) is 3.77. The molecule has 1 saturated heterocycles. The van der Waals surface area contributed by atoms with E-state index in [9.17, 15) is 8.78 Å². The molecule has 66 valence electrons. The SMILES string of the molecule is CC(C)N1CCOC(F)(F)C1. The lowest BCUT2D eigenvalue weighted by Gasteiger charge is -2.34. The number of alkyl halides is 2. The summed E-state index contributed by atoms with van der Waals surface area (Å²) in [7, 11) is 0. The van der Waals surface area contributed by atoms with Crippen molar-refractivity contribution >= 4 is 0 Å². The lowest BCUT2D eigenvalue weighted by molar-refractivity contribution is -0.272. The van der Waals surface area contributed by atoms with Crippen LogP contribution in [0.3, 0.4) is 0 Å². The van der Waals surface area contributed by atoms with Crippen LogP contribution in [0.1, 0.15) is 13.8 Å². The van der Waals surface area contributed by atoms with Gasteiger partial charge in [-0.3, -0.25) is 4.90 Å². The molecule has 0 amide bonds. The smallest absolute Gasteiger partial charge is 0.318 e. The molecular weight excluding hydrogens is 152 g/mol. The number of hydrogen-bond acceptors (Lipinski definition) is 2. The third-order valence-corrected chi connectivity index (χ3v) is 1.81. The zero-order valence-corrected chi connectivity index (χ0v) is 6.81. The minimum absolute atomic E-state index is 0.130. The summed E-state index contributed by atoms with van der Waals surface area (Å²) in [5.74, 6) is 0. The first-order valence-corrected chi connectivity index (χ1v) is 3.77. The third kappa shape index (κ3) is 2.38. The zero-order chi connectivity index (χ0) is 8.48. The Morgan fingerprint density at radius 3 is 2.45 bits per heavy atom. The Balaban J connectivity index is 2.46. The summed E-state index contributed by atoms with van der Waals surface area (Å²) in [6.07, 6.45) is -2.94. The quantitative estimate of drug-likeness (QED) is 0.581. The van der Waals surface area contributed by atoms with Crippen LogP contribution in [0.2, 0.25) is 0 Å². The van der Waals surface area contributed by atoms with Gasteiger partial charge in [-0.05, 0) is 13.8 Å². The van der Waals surface area contributed by atoms with E-state index in [1.165, 1.54) is 0 Å². The van der Waals surface area contributed by atoms with Crippen molar-refractivity contribution in [3.8, 4) is 0 Å². The highest BCUT2D eigenvalue weighted by molar-refractivity contribution is 4.72. The van der Waals surface area contributed by atoms with E-state index < -0.39 is 6.11 Å². The molecule has 1 aliphatic rings. The van der Waals surface area contributed by atoms with Crippen LogP contribution < -0.4 is 0 Å². The Labute approximate surface area is 65.1 Å². The van der Waals surface area contributed by atoms with Gasteiger partial charge in [0.15, 0.2) is 0 Å². The van der Waals surface area contributed by atoms with Gasteiger partial charge >= 0.3 is 6.11 Å². The number of halogens is 2. The highest BCUT2D eigenvalue weighted by Crippen LogP contribution is 2.21. The van der Waals surface area contributed by atoms with E-state index in [1.54, 1.807) is 4.90 Å². The first kappa shape index (κ1) is 8.87. The Morgan fingerprint density at radius 1 is 1.45 bits per heavy atom. The summed E-state index contributed by atoms with van der Waals surface area (Å²) in [5.41, 5.74) is 0. The zero-order valence-electron chi connectivity index (χ0n) is 6.81. The minimum atomic E-state index is -2.94. The fourth-order valence-corrected chi connectivity index (χ4v) is 1.11. The van der Waals surface area contributed by atoms with Crippen molar-refractivity contribution in [3.05, 3.63) is 0 Å². The Hall–Kier alpha value is -0.220. The van der Waals surface area contributed by atoms with Crippen LogP contribution in [0.5, 0.6) is 0 Å². The molecule has 2 nitrogen and oxygen atoms in total. The molecule has 0 bridgehead atoms. The van der Waals surface area contributed by atoms with E-state index in [4.69, 9.17) is 0 Å². The number of hydrogen-bond donors (Lipinski definition) is 0. The fraction of sp³-hybridized carbons (Fsp3) is 1.00. The van der Waals surface area contributed by atoms with Gasteiger partial charge in [-0.2, -0.15) is 8.78 Å². The van der Waals surface area contributed by atoms with Crippen molar-refractivity contribution < 1.29 is 13.5 Å². The number of nitrogens with zero attached hydrogens (tertiary/aromatic N) is 1. The van der Waals surface area contributed by atoms with Gasteiger partial charge in [0.2, 0.25) is 0 Å². The van der Waals surface area contributed by atoms with E-state index in [0.717, 1.165) is 0 Å². The monoisotopic (exact) mass is 165 g/mol. The molecule has 1 heterocycles. The van der Waals surface area contributed by atoms with Crippen LogP contribution in [0.4, 0.5) is 8.78 Å². The Morgan fingerprint density at radius 2 is 2.09 bits per heavy atom. The standard InChI is InChI=1S/C7H13F2NO/c1-6(2)10-3-4-11-7(8,9)5-10/h6H,3-5H2,1-2H3. The molecule has 0 aromatic heterocycles. The second kappa shape index (κ2) is 3.03. The molecule has 11 heavy (non-hydrogen) atoms. The van der Waals surface area contributed by atoms with Gasteiger partial charge in [0.25, 0.3) is 0 Å². The normalized spacial score (nSPS) is 25.9. The van der Waals surface area contributed by atoms with Gasteiger partial charge in [-0.15, -0.1) is 0 Å². The third-order valence-electron chi connectivity index (χ3n) is 1.81. The molecule has 0 radical (unpaired) electrons. The predicted molar refractivity (Wildman–Crippen MR) is 37.6 cm³/mol. The molecule has 0 saturated carbocycles. The molecule has 4 heteroatoms. The van der Waals surface area contributed by atoms with Gasteiger partial charge in [-0.25, -0.2) is 0 Å². The molecule has 0 unspecified atom stereocenters. The van der Waals surface area contributed by atoms with Gasteiger partial charge in [0.05, 0.1) is 13.2 Å². The first-order chi connectivity index (χ1) is 5.01. The molecule has 0 aliphatic carbocycles. The molecule has 0 spiro atoms. The van der Waals surface area contributed by atoms with Crippen molar-refractivity contribution in [1.82, 2.24) is 4.90 Å². The summed E-state index contributed by atoms with van der Waals surface area (Å²) >= 11 is 0. The number of rotatable bonds is 1. The maximum Gasteiger partial charge on any atom is 0.368 e. The molecular formula is C7H13F2NO. The van der Waals surface area contributed by atoms with Gasteiger partial charge in [0.1, 0.15) is 0 Å². The molecule has 0 aromatic rings. The molecule has 0 aromatic carbocycles. The fourth-order valence-electron chi connectivity index (χ4n) is 1.11. The molecule has 0 atom stereocenters. The average Bonchev–Trinajstić information content (AvgIpc) is 1.85. The average molecular weight is 165 g/mol. The highest BCUT2D eigenvalue weighted by Gasteiger charge is 2.37. The van der Waals surface area contributed by atoms with Crippen molar-refractivity contribution in [3.63, 3.8) is 0 Å². The molecule has 0 N–H and O–H groups in total. The maximum absolute atomic E-state index is 12.6. The Bertz CT molecular complexity index is 138. The van der Waals surface area contributed by atoms with Gasteiger partial charge in [0, 0.05) is 12.6 Å². The van der Waals surface area contributed by atoms with Crippen LogP contribution in [-0.2, 0) is 4.74 Å². The van der Waals surface area contributed by atoms with E-state index in [1.807, 2.05) is 13.8 Å². The van der Waals surface area contributed by atoms with Gasteiger partial charge in [-0.1, -0.05) is 0 Å². The summed E-state index contributed by atoms with van der Waals surface area (Å²) < 4.78 is 29.4. The summed E-state index contributed by atoms with van der Waals surface area (Å²) in [6, 6.07) is 0.171. The molecule has 1 aliphatic heterocycles. The second-order valence-corrected chi connectivity index (χ2v) is 3.05. The van der Waals surface area contributed by atoms with Crippen LogP contribution in [-0.4, -0.2) is 36.7 Å². The lowest BCUT2D eigenvalue weighted by Crippen LogP contribution is -2.49. The Kier molecular flexibility index (Phi) is 2.44. The minimum Gasteiger partial charge on any atom is -0.318 e. The summed E-state index contributed by atoms with van der Waals surface area (Å²) in [4.78, 5) is 1.71. The molecule has 1 rings (SSSR count). The van der Waals surface area contributed by atoms with Gasteiger partial charge < -0.3 is 4.74 Å². The topological polar surface area (TPSA) is 12.5 Å². The van der Waals surface area contributed by atoms with Crippen LogP contribution in [0.15, 0.2) is 0 Å². The predicted octanol–water partition coefficient (Wildman–Crippen LogP) is 1.32. The van der Waals surface area contributed by atoms with Crippen LogP contribution >= 0.6 is 0 Å². The van der Waals surface area contributed by atoms with E-state index in [-0.39, 0.29) is 19.2 Å². The highest BCUT2D eigenvalue weighted by atomic mass is 19.3. The summed E-state index contributed by atoms with van der Waals surface area (Å²) in [6.45, 7) is 4.27. The van der Waals surface area contributed by atoms with Crippen LogP contribution in [0, 0.1) is 0 Å². The van der Waals surface area contributed by atoms with Crippen LogP contribution in [0.25, 0.3) is 0 Å². The van der Waals surface area contributed by atoms with Crippen molar-refractivity contribution in [1.29, 1.82) is 0 Å². The van der Waals surface area contributed by atoms with Crippen molar-refractivity contribution in [2.75, 3.05) is 19.7 Å². The van der Waals surface area contributed by atoms with E-state index >= 15 is 0 Å². The molecule has 1 fully saturated rings. The number of ether oxygens (including phenoxy) is 1. The maximum atomic E-state index is 12.6. The lowest BCUT2D eigenvalue weighted by atomic mass is 10.3. The van der Waals surface area contributed by atoms with E-state index in [0.29, 0.717) is 6.54 Å². The van der Waals surface area contributed by atoms with Crippen molar-refractivity contribution in [2.45, 2.75) is 26.0 Å². The largest absolute Gasteiger partial charge is 0.368 e. The number of morpholine rings is 1. The second-order valence-electron chi connectivity index (χ2n) is 3.05. The van der Waals surface area contributed by atoms with E-state index in [2.05, 4.69) is 4.74 Å². The van der Waals surface area contributed by atoms with Crippen molar-refractivity contribution in [2.24, 2.45) is 0 Å². The summed E-state index contributed by atoms with van der Waals surface area (Å²) in [5, 5.41) is 0.